The summed E-state index contributed by atoms with van der Waals surface area (Å²) in [5.41, 5.74) is 1.44. The second kappa shape index (κ2) is 6.28. The van der Waals surface area contributed by atoms with Gasteiger partial charge in [0.1, 0.15) is 0 Å². The van der Waals surface area contributed by atoms with E-state index in [1.807, 2.05) is 29.6 Å². The molecule has 106 valence electrons. The summed E-state index contributed by atoms with van der Waals surface area (Å²) in [6.07, 6.45) is 1.68. The van der Waals surface area contributed by atoms with Crippen molar-refractivity contribution in [1.29, 1.82) is 0 Å². The number of hydrogen-bond acceptors (Lipinski definition) is 4. The van der Waals surface area contributed by atoms with Crippen molar-refractivity contribution in [3.05, 3.63) is 53.5 Å². The van der Waals surface area contributed by atoms with Crippen LogP contribution in [-0.4, -0.2) is 16.6 Å². The summed E-state index contributed by atoms with van der Waals surface area (Å²) in [6, 6.07) is 11.6. The van der Waals surface area contributed by atoms with E-state index in [9.17, 15) is 4.79 Å². The Kier molecular flexibility index (Phi) is 4.22. The summed E-state index contributed by atoms with van der Waals surface area (Å²) in [5.74, 6) is 0.831. The lowest BCUT2D eigenvalue weighted by Gasteiger charge is -2.06. The number of benzene rings is 1. The van der Waals surface area contributed by atoms with E-state index < -0.39 is 0 Å². The highest BCUT2D eigenvalue weighted by Gasteiger charge is 2.08. The highest BCUT2D eigenvalue weighted by molar-refractivity contribution is 7.99. The Balaban J connectivity index is 1.80. The SMILES string of the molecule is CCSc1cc(C(=O)Nc2ccc3sccc3c2)ccn1. The van der Waals surface area contributed by atoms with Gasteiger partial charge in [-0.25, -0.2) is 4.98 Å². The van der Waals surface area contributed by atoms with Gasteiger partial charge in [-0.05, 0) is 52.9 Å². The number of nitrogens with zero attached hydrogens (tertiary/aromatic N) is 1. The molecule has 3 aromatic rings. The second-order valence-corrected chi connectivity index (χ2v) is 6.68. The van der Waals surface area contributed by atoms with E-state index in [1.54, 1.807) is 35.4 Å². The van der Waals surface area contributed by atoms with E-state index in [1.165, 1.54) is 4.70 Å². The average molecular weight is 314 g/mol. The van der Waals surface area contributed by atoms with Crippen LogP contribution in [0, 0.1) is 0 Å². The predicted octanol–water partition coefficient (Wildman–Crippen LogP) is 4.66. The van der Waals surface area contributed by atoms with Crippen LogP contribution in [0.3, 0.4) is 0 Å². The number of thiophene rings is 1. The molecular weight excluding hydrogens is 300 g/mol. The maximum atomic E-state index is 12.3. The molecule has 1 N–H and O–H groups in total. The van der Waals surface area contributed by atoms with Crippen LogP contribution in [0.2, 0.25) is 0 Å². The standard InChI is InChI=1S/C16H14N2OS2/c1-2-20-15-10-12(5-7-17-15)16(19)18-13-3-4-14-11(9-13)6-8-21-14/h3-10H,2H2,1H3,(H,18,19). The van der Waals surface area contributed by atoms with Crippen molar-refractivity contribution < 1.29 is 4.79 Å². The topological polar surface area (TPSA) is 42.0 Å². The number of aromatic nitrogens is 1. The van der Waals surface area contributed by atoms with Crippen molar-refractivity contribution in [3.8, 4) is 0 Å². The molecule has 21 heavy (non-hydrogen) atoms. The molecule has 1 aromatic carbocycles. The first-order valence-electron chi connectivity index (χ1n) is 6.64. The van der Waals surface area contributed by atoms with Crippen molar-refractivity contribution in [3.63, 3.8) is 0 Å². The monoisotopic (exact) mass is 314 g/mol. The minimum atomic E-state index is -0.107. The average Bonchev–Trinajstić information content (AvgIpc) is 2.95. The molecule has 0 aliphatic carbocycles. The predicted molar refractivity (Wildman–Crippen MR) is 90.4 cm³/mol. The molecule has 0 saturated heterocycles. The summed E-state index contributed by atoms with van der Waals surface area (Å²) in [4.78, 5) is 16.5. The summed E-state index contributed by atoms with van der Waals surface area (Å²) in [7, 11) is 0. The van der Waals surface area contributed by atoms with Gasteiger partial charge < -0.3 is 5.32 Å². The lowest BCUT2D eigenvalue weighted by Crippen LogP contribution is -2.12. The van der Waals surface area contributed by atoms with E-state index in [-0.39, 0.29) is 5.91 Å². The number of fused-ring (bicyclic) bond motifs is 1. The fourth-order valence-electron chi connectivity index (χ4n) is 2.03. The van der Waals surface area contributed by atoms with E-state index in [2.05, 4.69) is 23.3 Å². The van der Waals surface area contributed by atoms with Gasteiger partial charge in [-0.3, -0.25) is 4.79 Å². The van der Waals surface area contributed by atoms with Gasteiger partial charge in [0.15, 0.2) is 0 Å². The van der Waals surface area contributed by atoms with Gasteiger partial charge in [0.25, 0.3) is 5.91 Å². The molecule has 0 radical (unpaired) electrons. The first-order chi connectivity index (χ1) is 10.3. The second-order valence-electron chi connectivity index (χ2n) is 4.44. The number of amides is 1. The number of anilines is 1. The van der Waals surface area contributed by atoms with Crippen molar-refractivity contribution in [2.75, 3.05) is 11.1 Å². The summed E-state index contributed by atoms with van der Waals surface area (Å²) < 4.78 is 1.22. The molecule has 0 atom stereocenters. The van der Waals surface area contributed by atoms with Gasteiger partial charge in [-0.2, -0.15) is 0 Å². The van der Waals surface area contributed by atoms with Crippen molar-refractivity contribution in [1.82, 2.24) is 4.98 Å². The molecule has 0 saturated carbocycles. The Labute approximate surface area is 131 Å². The fourth-order valence-corrected chi connectivity index (χ4v) is 3.44. The first-order valence-corrected chi connectivity index (χ1v) is 8.50. The van der Waals surface area contributed by atoms with Gasteiger partial charge >= 0.3 is 0 Å². The van der Waals surface area contributed by atoms with E-state index >= 15 is 0 Å². The lowest BCUT2D eigenvalue weighted by molar-refractivity contribution is 0.102. The zero-order valence-corrected chi connectivity index (χ0v) is 13.1. The van der Waals surface area contributed by atoms with Crippen molar-refractivity contribution in [2.24, 2.45) is 0 Å². The third-order valence-electron chi connectivity index (χ3n) is 3.00. The lowest BCUT2D eigenvalue weighted by atomic mass is 10.2. The van der Waals surface area contributed by atoms with Crippen LogP contribution in [0.15, 0.2) is 53.0 Å². The molecule has 2 aromatic heterocycles. The van der Waals surface area contributed by atoms with E-state index in [0.717, 1.165) is 21.9 Å². The van der Waals surface area contributed by atoms with Gasteiger partial charge in [-0.15, -0.1) is 23.1 Å². The smallest absolute Gasteiger partial charge is 0.255 e. The Morgan fingerprint density at radius 1 is 1.29 bits per heavy atom. The van der Waals surface area contributed by atoms with Crippen LogP contribution >= 0.6 is 23.1 Å². The van der Waals surface area contributed by atoms with Gasteiger partial charge in [0.2, 0.25) is 0 Å². The third-order valence-corrected chi connectivity index (χ3v) is 4.71. The number of pyridine rings is 1. The zero-order chi connectivity index (χ0) is 14.7. The molecule has 5 heteroatoms. The van der Waals surface area contributed by atoms with Gasteiger partial charge in [0, 0.05) is 22.1 Å². The van der Waals surface area contributed by atoms with Crippen molar-refractivity contribution >= 4 is 44.8 Å². The van der Waals surface area contributed by atoms with Crippen LogP contribution in [-0.2, 0) is 0 Å². The number of thioether (sulfide) groups is 1. The van der Waals surface area contributed by atoms with Gasteiger partial charge in [0.05, 0.1) is 5.03 Å². The number of rotatable bonds is 4. The molecule has 0 unspecified atom stereocenters. The highest BCUT2D eigenvalue weighted by Crippen LogP contribution is 2.24. The molecular formula is C16H14N2OS2. The van der Waals surface area contributed by atoms with E-state index in [4.69, 9.17) is 0 Å². The first kappa shape index (κ1) is 14.1. The summed E-state index contributed by atoms with van der Waals surface area (Å²) in [6.45, 7) is 2.06. The molecule has 3 rings (SSSR count). The number of carbonyl (C=O) groups excluding carboxylic acids is 1. The molecule has 2 heterocycles. The Morgan fingerprint density at radius 3 is 3.05 bits per heavy atom. The largest absolute Gasteiger partial charge is 0.322 e. The molecule has 0 fully saturated rings. The minimum Gasteiger partial charge on any atom is -0.322 e. The molecule has 0 aliphatic heterocycles. The fraction of sp³-hybridized carbons (Fsp3) is 0.125. The third kappa shape index (κ3) is 3.25. The Morgan fingerprint density at radius 2 is 2.19 bits per heavy atom. The Hall–Kier alpha value is -1.85. The minimum absolute atomic E-state index is 0.107. The zero-order valence-electron chi connectivity index (χ0n) is 11.5. The number of hydrogen-bond donors (Lipinski definition) is 1. The quantitative estimate of drug-likeness (QED) is 0.712. The van der Waals surface area contributed by atoms with Crippen LogP contribution < -0.4 is 5.32 Å². The van der Waals surface area contributed by atoms with E-state index in [0.29, 0.717) is 5.56 Å². The highest BCUT2D eigenvalue weighted by atomic mass is 32.2. The molecule has 1 amide bonds. The number of nitrogens with one attached hydrogen (secondary N) is 1. The maximum absolute atomic E-state index is 12.3. The molecule has 0 spiro atoms. The van der Waals surface area contributed by atoms with Crippen molar-refractivity contribution in [2.45, 2.75) is 11.9 Å². The molecule has 0 bridgehead atoms. The van der Waals surface area contributed by atoms with Gasteiger partial charge in [-0.1, -0.05) is 6.92 Å². The normalized spacial score (nSPS) is 10.7. The van der Waals surface area contributed by atoms with Crippen LogP contribution in [0.25, 0.3) is 10.1 Å². The molecule has 0 aliphatic rings. The summed E-state index contributed by atoms with van der Waals surface area (Å²) >= 11 is 3.32. The summed E-state index contributed by atoms with van der Waals surface area (Å²) in [5, 5.41) is 7.01. The number of carbonyl (C=O) groups is 1. The van der Waals surface area contributed by atoms with Crippen LogP contribution in [0.5, 0.6) is 0 Å². The Bertz CT molecular complexity index is 783. The maximum Gasteiger partial charge on any atom is 0.255 e. The van der Waals surface area contributed by atoms with Crippen LogP contribution in [0.4, 0.5) is 5.69 Å². The van der Waals surface area contributed by atoms with Crippen LogP contribution in [0.1, 0.15) is 17.3 Å². The molecule has 3 nitrogen and oxygen atoms in total.